The molecule has 0 bridgehead atoms. The minimum Gasteiger partial charge on any atom is -0.465 e. The summed E-state index contributed by atoms with van der Waals surface area (Å²) in [5, 5.41) is 0. The van der Waals surface area contributed by atoms with E-state index in [1.165, 1.54) is 37.0 Å². The van der Waals surface area contributed by atoms with Crippen LogP contribution >= 0.6 is 0 Å². The molecule has 0 aromatic rings. The Morgan fingerprint density at radius 2 is 1.57 bits per heavy atom. The lowest BCUT2D eigenvalue weighted by Crippen LogP contribution is -2.48. The fraction of sp³-hybridized carbons (Fsp3) is 0.870. The number of nitrogens with zero attached hydrogens (tertiary/aromatic N) is 2. The highest BCUT2D eigenvalue weighted by Gasteiger charge is 2.30. The Labute approximate surface area is 181 Å². The van der Waals surface area contributed by atoms with Crippen molar-refractivity contribution >= 4 is 17.8 Å². The molecule has 7 nitrogen and oxygen atoms in total. The third-order valence-electron chi connectivity index (χ3n) is 6.01. The lowest BCUT2D eigenvalue weighted by molar-refractivity contribution is -0.152. The molecule has 2 heterocycles. The van der Waals surface area contributed by atoms with Crippen LogP contribution in [-0.2, 0) is 23.9 Å². The summed E-state index contributed by atoms with van der Waals surface area (Å²) < 4.78 is 11.0. The molecule has 0 radical (unpaired) electrons. The number of carbonyl (C=O) groups is 3. The van der Waals surface area contributed by atoms with E-state index in [0.717, 1.165) is 38.8 Å². The van der Waals surface area contributed by atoms with E-state index >= 15 is 0 Å². The molecule has 0 aromatic carbocycles. The van der Waals surface area contributed by atoms with Crippen molar-refractivity contribution in [1.82, 2.24) is 9.80 Å². The third-order valence-corrected chi connectivity index (χ3v) is 6.01. The van der Waals surface area contributed by atoms with Crippen LogP contribution in [0.2, 0.25) is 0 Å². The van der Waals surface area contributed by atoms with E-state index in [4.69, 9.17) is 9.47 Å². The van der Waals surface area contributed by atoms with Crippen molar-refractivity contribution in [2.24, 2.45) is 0 Å². The number of carbonyl (C=O) groups excluding carboxylic acids is 3. The van der Waals surface area contributed by atoms with Crippen LogP contribution < -0.4 is 0 Å². The van der Waals surface area contributed by atoms with Crippen LogP contribution in [0.5, 0.6) is 0 Å². The smallest absolute Gasteiger partial charge is 0.323 e. The Bertz CT molecular complexity index is 518. The molecular formula is C23H40N2O5. The number of ether oxygens (including phenoxy) is 2. The molecule has 2 aliphatic heterocycles. The summed E-state index contributed by atoms with van der Waals surface area (Å²) in [6.07, 6.45) is 11.2. The van der Waals surface area contributed by atoms with Gasteiger partial charge in [0, 0.05) is 32.5 Å². The molecule has 1 unspecified atom stereocenters. The topological polar surface area (TPSA) is 76.2 Å². The first kappa shape index (κ1) is 24.8. The number of unbranched alkanes of at least 4 members (excludes halogenated alkanes) is 7. The zero-order valence-electron chi connectivity index (χ0n) is 18.7. The zero-order chi connectivity index (χ0) is 21.6. The zero-order valence-corrected chi connectivity index (χ0v) is 18.7. The van der Waals surface area contributed by atoms with Gasteiger partial charge in [-0.15, -0.1) is 0 Å². The number of rotatable bonds is 15. The fourth-order valence-corrected chi connectivity index (χ4v) is 4.15. The number of amides is 2. The predicted octanol–water partition coefficient (Wildman–Crippen LogP) is 3.30. The predicted molar refractivity (Wildman–Crippen MR) is 115 cm³/mol. The van der Waals surface area contributed by atoms with Gasteiger partial charge < -0.3 is 9.47 Å². The van der Waals surface area contributed by atoms with Gasteiger partial charge in [-0.05, 0) is 25.7 Å². The first-order valence-electron chi connectivity index (χ1n) is 11.9. The first-order chi connectivity index (χ1) is 14.6. The second-order valence-electron chi connectivity index (χ2n) is 8.39. The molecule has 2 aliphatic rings. The van der Waals surface area contributed by atoms with Gasteiger partial charge in [0.2, 0.25) is 11.8 Å². The molecular weight excluding hydrogens is 384 g/mol. The van der Waals surface area contributed by atoms with E-state index in [-0.39, 0.29) is 23.8 Å². The van der Waals surface area contributed by atoms with Crippen LogP contribution in [-0.4, -0.2) is 73.1 Å². The lowest BCUT2D eigenvalue weighted by atomic mass is 10.1. The standard InChI is InChI=1S/C23H40N2O5/c1-2-3-4-5-6-7-10-17-30-23(28)20(24-15-18-29-19-16-24)11-8-9-14-25-21(26)12-13-22(25)27/h20H,2-19H2,1H3. The third kappa shape index (κ3) is 8.72. The summed E-state index contributed by atoms with van der Waals surface area (Å²) in [5.74, 6) is -0.283. The monoisotopic (exact) mass is 424 g/mol. The van der Waals surface area contributed by atoms with E-state index in [2.05, 4.69) is 11.8 Å². The average molecular weight is 425 g/mol. The van der Waals surface area contributed by atoms with Crippen LogP contribution in [0.25, 0.3) is 0 Å². The maximum atomic E-state index is 12.7. The minimum absolute atomic E-state index is 0.0705. The summed E-state index contributed by atoms with van der Waals surface area (Å²) in [6, 6.07) is -0.261. The summed E-state index contributed by atoms with van der Waals surface area (Å²) in [7, 11) is 0. The Kier molecular flexibility index (Phi) is 12.0. The van der Waals surface area contributed by atoms with E-state index in [9.17, 15) is 14.4 Å². The molecule has 2 rings (SSSR count). The van der Waals surface area contributed by atoms with Crippen LogP contribution in [0.4, 0.5) is 0 Å². The van der Waals surface area contributed by atoms with Gasteiger partial charge in [0.1, 0.15) is 6.04 Å². The maximum Gasteiger partial charge on any atom is 0.323 e. The number of morpholine rings is 1. The minimum atomic E-state index is -0.261. The number of hydrogen-bond donors (Lipinski definition) is 0. The van der Waals surface area contributed by atoms with Crippen molar-refractivity contribution in [3.63, 3.8) is 0 Å². The second kappa shape index (κ2) is 14.5. The highest BCUT2D eigenvalue weighted by atomic mass is 16.5. The van der Waals surface area contributed by atoms with Gasteiger partial charge in [-0.1, -0.05) is 45.4 Å². The molecule has 0 saturated carbocycles. The largest absolute Gasteiger partial charge is 0.465 e. The fourth-order valence-electron chi connectivity index (χ4n) is 4.15. The number of imide groups is 1. The van der Waals surface area contributed by atoms with Crippen LogP contribution in [0, 0.1) is 0 Å². The van der Waals surface area contributed by atoms with Gasteiger partial charge in [0.15, 0.2) is 0 Å². The molecule has 0 aliphatic carbocycles. The molecule has 1 atom stereocenters. The van der Waals surface area contributed by atoms with Crippen molar-refractivity contribution in [2.75, 3.05) is 39.5 Å². The van der Waals surface area contributed by atoms with Gasteiger partial charge in [-0.25, -0.2) is 0 Å². The lowest BCUT2D eigenvalue weighted by Gasteiger charge is -2.33. The summed E-state index contributed by atoms with van der Waals surface area (Å²) >= 11 is 0. The molecule has 0 aromatic heterocycles. The van der Waals surface area contributed by atoms with E-state index in [0.29, 0.717) is 45.6 Å². The van der Waals surface area contributed by atoms with Gasteiger partial charge >= 0.3 is 5.97 Å². The summed E-state index contributed by atoms with van der Waals surface area (Å²) in [5.41, 5.74) is 0. The van der Waals surface area contributed by atoms with Crippen molar-refractivity contribution < 1.29 is 23.9 Å². The molecule has 2 amide bonds. The second-order valence-corrected chi connectivity index (χ2v) is 8.39. The average Bonchev–Trinajstić information content (AvgIpc) is 3.08. The maximum absolute atomic E-state index is 12.7. The highest BCUT2D eigenvalue weighted by Crippen LogP contribution is 2.17. The summed E-state index contributed by atoms with van der Waals surface area (Å²) in [4.78, 5) is 39.7. The number of likely N-dealkylation sites (tertiary alicyclic amines) is 1. The normalized spacial score (nSPS) is 18.8. The Morgan fingerprint density at radius 1 is 0.933 bits per heavy atom. The molecule has 0 N–H and O–H groups in total. The van der Waals surface area contributed by atoms with Crippen LogP contribution in [0.15, 0.2) is 0 Å². The summed E-state index contributed by atoms with van der Waals surface area (Å²) in [6.45, 7) is 5.91. The molecule has 30 heavy (non-hydrogen) atoms. The quantitative estimate of drug-likeness (QED) is 0.228. The number of esters is 1. The first-order valence-corrected chi connectivity index (χ1v) is 11.9. The van der Waals surface area contributed by atoms with E-state index in [1.807, 2.05) is 0 Å². The molecule has 172 valence electrons. The van der Waals surface area contributed by atoms with Gasteiger partial charge in [0.25, 0.3) is 0 Å². The molecule has 7 heteroatoms. The van der Waals surface area contributed by atoms with Crippen molar-refractivity contribution in [1.29, 1.82) is 0 Å². The molecule has 0 spiro atoms. The Balaban J connectivity index is 1.69. The van der Waals surface area contributed by atoms with Gasteiger partial charge in [-0.2, -0.15) is 0 Å². The van der Waals surface area contributed by atoms with E-state index in [1.54, 1.807) is 0 Å². The van der Waals surface area contributed by atoms with Crippen molar-refractivity contribution in [2.45, 2.75) is 90.0 Å². The van der Waals surface area contributed by atoms with Gasteiger partial charge in [-0.3, -0.25) is 24.2 Å². The Morgan fingerprint density at radius 3 is 2.23 bits per heavy atom. The SMILES string of the molecule is CCCCCCCCCOC(=O)C(CCCCN1C(=O)CCC1=O)N1CCOCC1. The Hall–Kier alpha value is -1.47. The molecule has 2 fully saturated rings. The van der Waals surface area contributed by atoms with E-state index < -0.39 is 0 Å². The van der Waals surface area contributed by atoms with Crippen molar-refractivity contribution in [3.8, 4) is 0 Å². The van der Waals surface area contributed by atoms with Crippen LogP contribution in [0.3, 0.4) is 0 Å². The van der Waals surface area contributed by atoms with Gasteiger partial charge in [0.05, 0.1) is 19.8 Å². The van der Waals surface area contributed by atoms with Crippen LogP contribution in [0.1, 0.15) is 84.0 Å². The number of hydrogen-bond acceptors (Lipinski definition) is 6. The van der Waals surface area contributed by atoms with Crippen molar-refractivity contribution in [3.05, 3.63) is 0 Å². The highest BCUT2D eigenvalue weighted by molar-refractivity contribution is 6.01. The molecule has 2 saturated heterocycles.